The van der Waals surface area contributed by atoms with Crippen molar-refractivity contribution in [1.29, 1.82) is 0 Å². The Morgan fingerprint density at radius 1 is 0.882 bits per heavy atom. The van der Waals surface area contributed by atoms with Gasteiger partial charge in [-0.25, -0.2) is 8.78 Å². The minimum absolute atomic E-state index is 0.228. The van der Waals surface area contributed by atoms with E-state index in [2.05, 4.69) is 0 Å². The molecule has 0 aliphatic rings. The maximum atomic E-state index is 13.7. The van der Waals surface area contributed by atoms with Gasteiger partial charge < -0.3 is 4.57 Å². The number of halogens is 2. The molecule has 0 radical (unpaired) electrons. The van der Waals surface area contributed by atoms with E-state index in [-0.39, 0.29) is 5.69 Å². The third-order valence-electron chi connectivity index (χ3n) is 2.77. The number of benzene rings is 2. The van der Waals surface area contributed by atoms with Gasteiger partial charge >= 0.3 is 0 Å². The van der Waals surface area contributed by atoms with Crippen molar-refractivity contribution in [2.24, 2.45) is 0 Å². The molecule has 3 rings (SSSR count). The highest BCUT2D eigenvalue weighted by atomic mass is 19.1. The predicted molar refractivity (Wildman–Crippen MR) is 63.2 cm³/mol. The maximum absolute atomic E-state index is 13.7. The lowest BCUT2D eigenvalue weighted by molar-refractivity contribution is 0.594. The Bertz CT molecular complexity index is 686. The Hall–Kier alpha value is -2.16. The minimum atomic E-state index is -0.445. The number of nitrogens with zero attached hydrogens (tertiary/aromatic N) is 1. The van der Waals surface area contributed by atoms with Crippen molar-refractivity contribution in [1.82, 2.24) is 4.57 Å². The van der Waals surface area contributed by atoms with Crippen molar-refractivity contribution in [3.8, 4) is 5.69 Å². The fourth-order valence-electron chi connectivity index (χ4n) is 1.96. The van der Waals surface area contributed by atoms with Crippen molar-refractivity contribution in [2.45, 2.75) is 0 Å². The Morgan fingerprint density at radius 3 is 2.59 bits per heavy atom. The van der Waals surface area contributed by atoms with E-state index in [0.29, 0.717) is 0 Å². The van der Waals surface area contributed by atoms with Crippen LogP contribution < -0.4 is 0 Å². The van der Waals surface area contributed by atoms with Crippen LogP contribution >= 0.6 is 0 Å². The van der Waals surface area contributed by atoms with Gasteiger partial charge in [0.15, 0.2) is 0 Å². The van der Waals surface area contributed by atoms with E-state index in [1.807, 2.05) is 30.3 Å². The first-order chi connectivity index (χ1) is 8.25. The van der Waals surface area contributed by atoms with Gasteiger partial charge in [0.2, 0.25) is 0 Å². The number of hydrogen-bond donors (Lipinski definition) is 0. The van der Waals surface area contributed by atoms with Gasteiger partial charge in [-0.1, -0.05) is 18.2 Å². The molecule has 1 aromatic heterocycles. The van der Waals surface area contributed by atoms with Crippen molar-refractivity contribution < 1.29 is 8.78 Å². The van der Waals surface area contributed by atoms with Crippen molar-refractivity contribution in [2.75, 3.05) is 0 Å². The second-order valence-electron chi connectivity index (χ2n) is 3.84. The van der Waals surface area contributed by atoms with Gasteiger partial charge in [0.25, 0.3) is 0 Å². The van der Waals surface area contributed by atoms with E-state index in [1.54, 1.807) is 10.8 Å². The molecular formula is C14H9F2N. The van der Waals surface area contributed by atoms with Crippen LogP contribution in [0.25, 0.3) is 16.6 Å². The highest BCUT2D eigenvalue weighted by Gasteiger charge is 2.08. The van der Waals surface area contributed by atoms with Gasteiger partial charge in [-0.2, -0.15) is 0 Å². The van der Waals surface area contributed by atoms with Crippen LogP contribution in [0.1, 0.15) is 0 Å². The lowest BCUT2D eigenvalue weighted by Crippen LogP contribution is -1.96. The summed E-state index contributed by atoms with van der Waals surface area (Å²) in [6.45, 7) is 0. The van der Waals surface area contributed by atoms with Crippen LogP contribution in [-0.2, 0) is 0 Å². The third kappa shape index (κ3) is 1.60. The maximum Gasteiger partial charge on any atom is 0.147 e. The molecule has 0 bridgehead atoms. The first kappa shape index (κ1) is 10.0. The molecule has 0 spiro atoms. The summed E-state index contributed by atoms with van der Waals surface area (Å²) >= 11 is 0. The summed E-state index contributed by atoms with van der Waals surface area (Å²) in [6, 6.07) is 12.9. The first-order valence-electron chi connectivity index (χ1n) is 5.27. The Morgan fingerprint density at radius 2 is 1.71 bits per heavy atom. The van der Waals surface area contributed by atoms with E-state index < -0.39 is 11.6 Å². The summed E-state index contributed by atoms with van der Waals surface area (Å²) < 4.78 is 28.5. The molecule has 0 N–H and O–H groups in total. The summed E-state index contributed by atoms with van der Waals surface area (Å²) in [7, 11) is 0. The zero-order valence-corrected chi connectivity index (χ0v) is 8.90. The summed E-state index contributed by atoms with van der Waals surface area (Å²) in [6.07, 6.45) is 1.74. The van der Waals surface area contributed by atoms with Crippen LogP contribution in [0.3, 0.4) is 0 Å². The first-order valence-corrected chi connectivity index (χ1v) is 5.27. The number of fused-ring (bicyclic) bond motifs is 1. The molecule has 3 aromatic rings. The molecule has 0 saturated carbocycles. The fraction of sp³-hybridized carbons (Fsp3) is 0. The molecule has 0 aliphatic carbocycles. The fourth-order valence-corrected chi connectivity index (χ4v) is 1.96. The average Bonchev–Trinajstić information content (AvgIpc) is 2.76. The van der Waals surface area contributed by atoms with Crippen molar-refractivity contribution in [3.63, 3.8) is 0 Å². The summed E-state index contributed by atoms with van der Waals surface area (Å²) in [5.74, 6) is -0.882. The molecule has 3 heteroatoms. The molecule has 0 aliphatic heterocycles. The summed E-state index contributed by atoms with van der Waals surface area (Å²) in [5.41, 5.74) is 1.09. The van der Waals surface area contributed by atoms with Gasteiger partial charge in [0, 0.05) is 12.3 Å². The van der Waals surface area contributed by atoms with Crippen LogP contribution in [0.4, 0.5) is 8.78 Å². The molecular weight excluding hydrogens is 220 g/mol. The van der Waals surface area contributed by atoms with Crippen LogP contribution in [0, 0.1) is 11.6 Å². The van der Waals surface area contributed by atoms with Gasteiger partial charge in [-0.05, 0) is 29.7 Å². The average molecular weight is 229 g/mol. The lowest BCUT2D eigenvalue weighted by atomic mass is 10.2. The SMILES string of the molecule is Fc1ccc(F)c(-n2ccc3ccccc32)c1. The van der Waals surface area contributed by atoms with Gasteiger partial charge in [0.1, 0.15) is 11.6 Å². The monoisotopic (exact) mass is 229 g/mol. The smallest absolute Gasteiger partial charge is 0.147 e. The van der Waals surface area contributed by atoms with E-state index in [0.717, 1.165) is 23.0 Å². The second kappa shape index (κ2) is 3.70. The highest BCUT2D eigenvalue weighted by Crippen LogP contribution is 2.22. The van der Waals surface area contributed by atoms with E-state index in [1.165, 1.54) is 6.07 Å². The number of para-hydroxylation sites is 1. The topological polar surface area (TPSA) is 4.93 Å². The molecule has 0 saturated heterocycles. The third-order valence-corrected chi connectivity index (χ3v) is 2.77. The highest BCUT2D eigenvalue weighted by molar-refractivity contribution is 5.81. The van der Waals surface area contributed by atoms with Crippen molar-refractivity contribution >= 4 is 10.9 Å². The lowest BCUT2D eigenvalue weighted by Gasteiger charge is -2.06. The Labute approximate surface area is 96.9 Å². The van der Waals surface area contributed by atoms with Gasteiger partial charge in [-0.3, -0.25) is 0 Å². The summed E-state index contributed by atoms with van der Waals surface area (Å²) in [4.78, 5) is 0. The predicted octanol–water partition coefficient (Wildman–Crippen LogP) is 3.91. The zero-order chi connectivity index (χ0) is 11.8. The number of hydrogen-bond acceptors (Lipinski definition) is 0. The van der Waals surface area contributed by atoms with Crippen LogP contribution in [0.15, 0.2) is 54.7 Å². The van der Waals surface area contributed by atoms with Gasteiger partial charge in [0.05, 0.1) is 11.2 Å². The quantitative estimate of drug-likeness (QED) is 0.596. The number of rotatable bonds is 1. The molecule has 84 valence electrons. The Balaban J connectivity index is 2.31. The molecule has 17 heavy (non-hydrogen) atoms. The summed E-state index contributed by atoms with van der Waals surface area (Å²) in [5, 5.41) is 0.996. The van der Waals surface area contributed by atoms with Crippen LogP contribution in [-0.4, -0.2) is 4.57 Å². The molecule has 0 fully saturated rings. The van der Waals surface area contributed by atoms with Crippen LogP contribution in [0.5, 0.6) is 0 Å². The zero-order valence-electron chi connectivity index (χ0n) is 8.90. The number of aromatic nitrogens is 1. The molecule has 1 heterocycles. The standard InChI is InChI=1S/C14H9F2N/c15-11-5-6-12(16)14(9-11)17-8-7-10-3-1-2-4-13(10)17/h1-9H. The second-order valence-corrected chi connectivity index (χ2v) is 3.84. The molecule has 0 atom stereocenters. The largest absolute Gasteiger partial charge is 0.314 e. The molecule has 0 amide bonds. The molecule has 1 nitrogen and oxygen atoms in total. The molecule has 2 aromatic carbocycles. The normalized spacial score (nSPS) is 10.9. The van der Waals surface area contributed by atoms with Crippen molar-refractivity contribution in [3.05, 3.63) is 66.4 Å². The van der Waals surface area contributed by atoms with E-state index in [4.69, 9.17) is 0 Å². The van der Waals surface area contributed by atoms with Crippen LogP contribution in [0.2, 0.25) is 0 Å². The Kier molecular flexibility index (Phi) is 2.18. The minimum Gasteiger partial charge on any atom is -0.314 e. The molecule has 0 unspecified atom stereocenters. The van der Waals surface area contributed by atoms with Gasteiger partial charge in [-0.15, -0.1) is 0 Å². The van der Waals surface area contributed by atoms with E-state index >= 15 is 0 Å². The van der Waals surface area contributed by atoms with E-state index in [9.17, 15) is 8.78 Å².